The van der Waals surface area contributed by atoms with Gasteiger partial charge >= 0.3 is 0 Å². The summed E-state index contributed by atoms with van der Waals surface area (Å²) in [7, 11) is 0. The largest absolute Gasteiger partial charge is 0.333 e. The molecule has 7 aromatic carbocycles. The van der Waals surface area contributed by atoms with Crippen molar-refractivity contribution >= 4 is 43.6 Å². The molecule has 11 rings (SSSR count). The van der Waals surface area contributed by atoms with Crippen LogP contribution in [0.25, 0.3) is 82.7 Å². The molecule has 0 bridgehead atoms. The Kier molecular flexibility index (Phi) is 6.97. The van der Waals surface area contributed by atoms with Gasteiger partial charge < -0.3 is 9.13 Å². The van der Waals surface area contributed by atoms with Crippen LogP contribution >= 0.6 is 0 Å². The van der Waals surface area contributed by atoms with Gasteiger partial charge in [-0.15, -0.1) is 0 Å². The molecule has 0 N–H and O–H groups in total. The molecule has 258 valence electrons. The van der Waals surface area contributed by atoms with E-state index in [0.717, 1.165) is 6.42 Å². The predicted molar refractivity (Wildman–Crippen MR) is 229 cm³/mol. The second-order valence-corrected chi connectivity index (χ2v) is 15.3. The van der Waals surface area contributed by atoms with Crippen LogP contribution in [-0.4, -0.2) is 9.13 Å². The van der Waals surface area contributed by atoms with Crippen LogP contribution in [0.4, 0.5) is 0 Å². The van der Waals surface area contributed by atoms with E-state index >= 15 is 0 Å². The first-order valence-electron chi connectivity index (χ1n) is 19.4. The lowest BCUT2D eigenvalue weighted by Gasteiger charge is -2.33. The molecule has 2 aliphatic rings. The summed E-state index contributed by atoms with van der Waals surface area (Å²) in [5.41, 5.74) is 17.0. The fourth-order valence-electron chi connectivity index (χ4n) is 9.65. The molecule has 0 amide bonds. The zero-order valence-electron chi connectivity index (χ0n) is 30.6. The summed E-state index contributed by atoms with van der Waals surface area (Å²) >= 11 is 0. The monoisotopic (exact) mass is 692 g/mol. The van der Waals surface area contributed by atoms with E-state index in [1.807, 2.05) is 0 Å². The Hall–Kier alpha value is -6.38. The van der Waals surface area contributed by atoms with E-state index in [-0.39, 0.29) is 6.04 Å². The lowest BCUT2D eigenvalue weighted by atomic mass is 9.72. The quantitative estimate of drug-likeness (QED) is 0.174. The molecule has 0 spiro atoms. The zero-order chi connectivity index (χ0) is 35.9. The van der Waals surface area contributed by atoms with Gasteiger partial charge in [-0.3, -0.25) is 0 Å². The standard InChI is InChI=1S/C52H40N2/c1-33-34(2)51-41(25-26-42-45-29-37(35-15-7-3-8-16-35)24-28-49(45)54(52(42)51)40-21-13-6-14-22-40)44-32-50-47(31-43(33)44)46-30-38(36-17-9-4-10-18-36)23-27-48(46)53(50)39-19-11-5-12-20-39/h3-21,23-34,40H,22H2,1-2H3. The Morgan fingerprint density at radius 3 is 1.78 bits per heavy atom. The summed E-state index contributed by atoms with van der Waals surface area (Å²) in [5, 5.41) is 5.29. The molecule has 2 nitrogen and oxygen atoms in total. The molecule has 0 fully saturated rings. The van der Waals surface area contributed by atoms with Crippen LogP contribution in [0.3, 0.4) is 0 Å². The second-order valence-electron chi connectivity index (χ2n) is 15.3. The average Bonchev–Trinajstić information content (AvgIpc) is 3.75. The molecule has 2 aromatic heterocycles. The normalized spacial score (nSPS) is 17.8. The van der Waals surface area contributed by atoms with Gasteiger partial charge in [0.25, 0.3) is 0 Å². The van der Waals surface area contributed by atoms with Crippen LogP contribution in [0.15, 0.2) is 176 Å². The smallest absolute Gasteiger partial charge is 0.0560 e. The Bertz CT molecular complexity index is 2980. The third-order valence-corrected chi connectivity index (χ3v) is 12.4. The van der Waals surface area contributed by atoms with Gasteiger partial charge in [0.2, 0.25) is 0 Å². The number of hydrogen-bond acceptors (Lipinski definition) is 0. The van der Waals surface area contributed by atoms with Crippen molar-refractivity contribution in [2.45, 2.75) is 38.1 Å². The Labute approximate surface area is 315 Å². The molecule has 3 unspecified atom stereocenters. The van der Waals surface area contributed by atoms with Gasteiger partial charge in [-0.1, -0.05) is 141 Å². The topological polar surface area (TPSA) is 9.86 Å². The van der Waals surface area contributed by atoms with Crippen molar-refractivity contribution in [1.82, 2.24) is 9.13 Å². The fourth-order valence-corrected chi connectivity index (χ4v) is 9.65. The van der Waals surface area contributed by atoms with Crippen LogP contribution in [0, 0.1) is 0 Å². The molecule has 0 saturated carbocycles. The first-order valence-corrected chi connectivity index (χ1v) is 19.4. The van der Waals surface area contributed by atoms with Gasteiger partial charge in [-0.05, 0) is 111 Å². The Balaban J connectivity index is 1.21. The van der Waals surface area contributed by atoms with Gasteiger partial charge in [0, 0.05) is 32.7 Å². The highest BCUT2D eigenvalue weighted by molar-refractivity contribution is 6.15. The average molecular weight is 693 g/mol. The van der Waals surface area contributed by atoms with Gasteiger partial charge in [-0.2, -0.15) is 0 Å². The van der Waals surface area contributed by atoms with E-state index in [0.29, 0.717) is 11.8 Å². The molecule has 2 heteroatoms. The van der Waals surface area contributed by atoms with Gasteiger partial charge in [-0.25, -0.2) is 0 Å². The molecule has 3 atom stereocenters. The van der Waals surface area contributed by atoms with Crippen molar-refractivity contribution in [2.24, 2.45) is 0 Å². The SMILES string of the molecule is CC1c2cc3c4cc(-c5ccccc5)ccc4n(-c4ccccc4)c3cc2-c2ccc3c4cc(-c5ccccc5)ccc4n(C4C=CC=CC4)c3c2C1C. The van der Waals surface area contributed by atoms with Crippen molar-refractivity contribution in [1.29, 1.82) is 0 Å². The molecule has 9 aromatic rings. The highest BCUT2D eigenvalue weighted by Crippen LogP contribution is 2.53. The third kappa shape index (κ3) is 4.59. The summed E-state index contributed by atoms with van der Waals surface area (Å²) in [4.78, 5) is 0. The molecule has 54 heavy (non-hydrogen) atoms. The number of nitrogens with zero attached hydrogens (tertiary/aromatic N) is 2. The van der Waals surface area contributed by atoms with E-state index in [2.05, 4.69) is 199 Å². The van der Waals surface area contributed by atoms with Crippen LogP contribution in [-0.2, 0) is 0 Å². The van der Waals surface area contributed by atoms with Crippen molar-refractivity contribution in [3.05, 3.63) is 187 Å². The first-order chi connectivity index (χ1) is 26.6. The van der Waals surface area contributed by atoms with Gasteiger partial charge in [0.1, 0.15) is 0 Å². The van der Waals surface area contributed by atoms with E-state index in [1.54, 1.807) is 0 Å². The zero-order valence-corrected chi connectivity index (χ0v) is 30.6. The lowest BCUT2D eigenvalue weighted by molar-refractivity contribution is 0.607. The van der Waals surface area contributed by atoms with E-state index in [9.17, 15) is 0 Å². The number of aromatic nitrogens is 2. The summed E-state index contributed by atoms with van der Waals surface area (Å²) in [6.07, 6.45) is 10.1. The minimum absolute atomic E-state index is 0.259. The van der Waals surface area contributed by atoms with Crippen LogP contribution in [0.2, 0.25) is 0 Å². The highest BCUT2D eigenvalue weighted by Gasteiger charge is 2.33. The molecular weight excluding hydrogens is 653 g/mol. The Morgan fingerprint density at radius 1 is 0.481 bits per heavy atom. The van der Waals surface area contributed by atoms with Gasteiger partial charge in [0.15, 0.2) is 0 Å². The van der Waals surface area contributed by atoms with Gasteiger partial charge in [0.05, 0.1) is 22.6 Å². The van der Waals surface area contributed by atoms with E-state index < -0.39 is 0 Å². The summed E-state index contributed by atoms with van der Waals surface area (Å²) in [6.45, 7) is 4.91. The molecule has 0 aliphatic heterocycles. The first kappa shape index (κ1) is 31.2. The third-order valence-electron chi connectivity index (χ3n) is 12.4. The molecule has 2 heterocycles. The minimum atomic E-state index is 0.259. The van der Waals surface area contributed by atoms with Crippen LogP contribution in [0.5, 0.6) is 0 Å². The fraction of sp³-hybridized carbons (Fsp3) is 0.115. The summed E-state index contributed by atoms with van der Waals surface area (Å²) < 4.78 is 5.14. The van der Waals surface area contributed by atoms with E-state index in [1.165, 1.54) is 93.8 Å². The molecule has 0 radical (unpaired) electrons. The molecule has 2 aliphatic carbocycles. The second kappa shape index (κ2) is 12.1. The summed E-state index contributed by atoms with van der Waals surface area (Å²) in [5.74, 6) is 0.666. The van der Waals surface area contributed by atoms with Crippen molar-refractivity contribution in [3.8, 4) is 39.1 Å². The van der Waals surface area contributed by atoms with Crippen LogP contribution < -0.4 is 0 Å². The highest BCUT2D eigenvalue weighted by atomic mass is 15.0. The maximum Gasteiger partial charge on any atom is 0.0560 e. The number of para-hydroxylation sites is 1. The maximum absolute atomic E-state index is 2.66. The van der Waals surface area contributed by atoms with Crippen LogP contribution in [0.1, 0.15) is 49.3 Å². The van der Waals surface area contributed by atoms with E-state index in [4.69, 9.17) is 0 Å². The van der Waals surface area contributed by atoms with Crippen molar-refractivity contribution < 1.29 is 0 Å². The number of benzene rings is 7. The summed E-state index contributed by atoms with van der Waals surface area (Å²) in [6, 6.07) is 56.7. The molecular formula is C52H40N2. The van der Waals surface area contributed by atoms with Crippen molar-refractivity contribution in [2.75, 3.05) is 0 Å². The lowest BCUT2D eigenvalue weighted by Crippen LogP contribution is -2.16. The Morgan fingerprint density at radius 2 is 1.11 bits per heavy atom. The maximum atomic E-state index is 2.66. The number of allylic oxidation sites excluding steroid dienone is 4. The van der Waals surface area contributed by atoms with Crippen molar-refractivity contribution in [3.63, 3.8) is 0 Å². The number of fused-ring (bicyclic) bond motifs is 10. The molecule has 0 saturated heterocycles. The minimum Gasteiger partial charge on any atom is -0.333 e. The number of hydrogen-bond donors (Lipinski definition) is 0. The predicted octanol–water partition coefficient (Wildman–Crippen LogP) is 14.2. The number of rotatable bonds is 4.